The highest BCUT2D eigenvalue weighted by molar-refractivity contribution is 6.07. The van der Waals surface area contributed by atoms with E-state index in [4.69, 9.17) is 20.2 Å². The van der Waals surface area contributed by atoms with Crippen LogP contribution >= 0.6 is 0 Å². The number of aliphatic hydroxyl groups is 1. The van der Waals surface area contributed by atoms with Crippen LogP contribution in [-0.4, -0.2) is 69.3 Å². The van der Waals surface area contributed by atoms with Gasteiger partial charge in [-0.25, -0.2) is 14.4 Å². The molecule has 0 unspecified atom stereocenters. The molecule has 7 aromatic heterocycles. The monoisotopic (exact) mass is 816 g/mol. The van der Waals surface area contributed by atoms with Gasteiger partial charge in [-0.05, 0) is 71.3 Å². The lowest BCUT2D eigenvalue weighted by molar-refractivity contribution is 0.291. The molecule has 304 valence electrons. The molecule has 0 atom stereocenters. The van der Waals surface area contributed by atoms with Crippen LogP contribution in [0.15, 0.2) is 171 Å². The highest BCUT2D eigenvalue weighted by atomic mass is 19.1. The van der Waals surface area contributed by atoms with Gasteiger partial charge >= 0.3 is 0 Å². The van der Waals surface area contributed by atoms with Gasteiger partial charge in [-0.1, -0.05) is 66.7 Å². The Kier molecular flexibility index (Phi) is 11.7. The van der Waals surface area contributed by atoms with E-state index in [-0.39, 0.29) is 12.4 Å². The number of benzene rings is 3. The summed E-state index contributed by atoms with van der Waals surface area (Å²) in [5.74, 6) is -0.286. The number of hydrogen-bond donors (Lipinski definition) is 2. The SMILES string of the molecule is Cn1cc2c(-c3cccnc3)c(-c3ccncc3)c(-c3ccc(F)cc3)nc2n1.OCCNCCn1cc2c(-c3ccccc3)c(-c3ccncc3)c(-c3ccccc3)nc2n1. The van der Waals surface area contributed by atoms with Crippen molar-refractivity contribution in [2.24, 2.45) is 7.05 Å². The third kappa shape index (κ3) is 8.33. The van der Waals surface area contributed by atoms with Crippen LogP contribution in [0.3, 0.4) is 0 Å². The summed E-state index contributed by atoms with van der Waals surface area (Å²) in [7, 11) is 1.87. The Bertz CT molecular complexity index is 3050. The number of fused-ring (bicyclic) bond motifs is 2. The molecule has 12 heteroatoms. The van der Waals surface area contributed by atoms with Crippen LogP contribution in [0.5, 0.6) is 0 Å². The molecule has 11 nitrogen and oxygen atoms in total. The van der Waals surface area contributed by atoms with E-state index in [0.717, 1.165) is 84.3 Å². The maximum atomic E-state index is 13.6. The zero-order valence-corrected chi connectivity index (χ0v) is 33.8. The Hall–Kier alpha value is -7.80. The van der Waals surface area contributed by atoms with E-state index in [1.807, 2.05) is 97.2 Å². The maximum absolute atomic E-state index is 13.6. The number of aromatic nitrogens is 9. The molecule has 0 amide bonds. The zero-order valence-electron chi connectivity index (χ0n) is 33.8. The lowest BCUT2D eigenvalue weighted by Crippen LogP contribution is -2.23. The molecule has 10 aromatic rings. The van der Waals surface area contributed by atoms with Crippen LogP contribution in [0.1, 0.15) is 0 Å². The third-order valence-electron chi connectivity index (χ3n) is 10.4. The zero-order chi connectivity index (χ0) is 42.3. The second-order valence-electron chi connectivity index (χ2n) is 14.5. The molecule has 0 spiro atoms. The average Bonchev–Trinajstić information content (AvgIpc) is 3.93. The molecule has 0 fully saturated rings. The molecule has 10 rings (SSSR count). The summed E-state index contributed by atoms with van der Waals surface area (Å²) in [6, 6.07) is 38.9. The first-order valence-electron chi connectivity index (χ1n) is 20.2. The Morgan fingerprint density at radius 3 is 1.65 bits per heavy atom. The number of aryl methyl sites for hydroxylation is 1. The van der Waals surface area contributed by atoms with Gasteiger partial charge in [-0.2, -0.15) is 10.2 Å². The van der Waals surface area contributed by atoms with Crippen LogP contribution in [0, 0.1) is 5.82 Å². The van der Waals surface area contributed by atoms with Crippen LogP contribution in [0.4, 0.5) is 4.39 Å². The Balaban J connectivity index is 0.000000159. The minimum atomic E-state index is -0.286. The predicted octanol–water partition coefficient (Wildman–Crippen LogP) is 9.31. The minimum absolute atomic E-state index is 0.122. The standard InChI is InChI=1S/C27H25N5O.C23H16FN5/c33-18-16-29-15-17-32-19-23-24(20-7-3-1-4-8-20)25(21-11-13-28-14-12-21)26(30-27(23)31-32)22-9-5-2-6-10-22;1-29-14-19-20(17-3-2-10-26-13-17)21(15-8-11-25-12-9-15)22(27-23(19)28-29)16-4-6-18(24)7-5-16/h1-14,19,29,33H,15-18H2;2-14H,1H3. The fourth-order valence-electron chi connectivity index (χ4n) is 7.68. The van der Waals surface area contributed by atoms with E-state index < -0.39 is 0 Å². The van der Waals surface area contributed by atoms with Gasteiger partial charge in [0, 0.05) is 119 Å². The van der Waals surface area contributed by atoms with E-state index in [2.05, 4.69) is 68.0 Å². The topological polar surface area (TPSA) is 132 Å². The number of rotatable bonds is 11. The van der Waals surface area contributed by atoms with Crippen molar-refractivity contribution >= 4 is 22.1 Å². The van der Waals surface area contributed by atoms with Gasteiger partial charge in [-0.3, -0.25) is 24.3 Å². The Morgan fingerprint density at radius 2 is 1.05 bits per heavy atom. The van der Waals surface area contributed by atoms with E-state index in [1.165, 1.54) is 12.1 Å². The van der Waals surface area contributed by atoms with Gasteiger partial charge in [0.1, 0.15) is 5.82 Å². The number of nitrogens with one attached hydrogen (secondary N) is 1. The largest absolute Gasteiger partial charge is 0.395 e. The van der Waals surface area contributed by atoms with Gasteiger partial charge < -0.3 is 10.4 Å². The van der Waals surface area contributed by atoms with Crippen molar-refractivity contribution in [1.82, 2.24) is 49.8 Å². The first-order chi connectivity index (χ1) is 30.6. The summed E-state index contributed by atoms with van der Waals surface area (Å²) in [6.45, 7) is 2.10. The van der Waals surface area contributed by atoms with Crippen molar-refractivity contribution < 1.29 is 9.50 Å². The lowest BCUT2D eigenvalue weighted by atomic mass is 9.90. The van der Waals surface area contributed by atoms with Gasteiger partial charge in [0.15, 0.2) is 11.3 Å². The Labute approximate surface area is 357 Å². The summed E-state index contributed by atoms with van der Waals surface area (Å²) < 4.78 is 17.3. The molecule has 0 saturated heterocycles. The van der Waals surface area contributed by atoms with Crippen molar-refractivity contribution in [2.75, 3.05) is 19.7 Å². The molecule has 0 bridgehead atoms. The minimum Gasteiger partial charge on any atom is -0.395 e. The molecule has 0 radical (unpaired) electrons. The Morgan fingerprint density at radius 1 is 0.516 bits per heavy atom. The van der Waals surface area contributed by atoms with Gasteiger partial charge in [0.2, 0.25) is 0 Å². The van der Waals surface area contributed by atoms with Crippen molar-refractivity contribution in [1.29, 1.82) is 0 Å². The fraction of sp³-hybridized carbons (Fsp3) is 0.100. The molecule has 0 aliphatic rings. The summed E-state index contributed by atoms with van der Waals surface area (Å²) in [4.78, 5) is 22.6. The fourth-order valence-corrected chi connectivity index (χ4v) is 7.68. The van der Waals surface area contributed by atoms with Crippen molar-refractivity contribution in [3.63, 3.8) is 0 Å². The van der Waals surface area contributed by atoms with E-state index >= 15 is 0 Å². The first kappa shape index (κ1) is 39.6. The maximum Gasteiger partial charge on any atom is 0.182 e. The summed E-state index contributed by atoms with van der Waals surface area (Å²) >= 11 is 0. The summed E-state index contributed by atoms with van der Waals surface area (Å²) in [5, 5.41) is 23.5. The highest BCUT2D eigenvalue weighted by Crippen LogP contribution is 2.44. The van der Waals surface area contributed by atoms with E-state index in [1.54, 1.807) is 35.4 Å². The highest BCUT2D eigenvalue weighted by Gasteiger charge is 2.23. The number of nitrogens with zero attached hydrogens (tertiary/aromatic N) is 9. The smallest absolute Gasteiger partial charge is 0.182 e. The van der Waals surface area contributed by atoms with Gasteiger partial charge in [-0.15, -0.1) is 0 Å². The van der Waals surface area contributed by atoms with Crippen molar-refractivity contribution in [2.45, 2.75) is 6.54 Å². The number of hydrogen-bond acceptors (Lipinski definition) is 9. The molecular weight excluding hydrogens is 776 g/mol. The average molecular weight is 817 g/mol. The predicted molar refractivity (Wildman–Crippen MR) is 242 cm³/mol. The van der Waals surface area contributed by atoms with E-state index in [0.29, 0.717) is 24.4 Å². The molecule has 0 saturated carbocycles. The van der Waals surface area contributed by atoms with Gasteiger partial charge in [0.05, 0.1) is 24.5 Å². The molecule has 3 aromatic carbocycles. The molecule has 0 aliphatic heterocycles. The van der Waals surface area contributed by atoms with E-state index in [9.17, 15) is 4.39 Å². The second-order valence-corrected chi connectivity index (χ2v) is 14.5. The summed E-state index contributed by atoms with van der Waals surface area (Å²) in [5.41, 5.74) is 13.1. The number of pyridine rings is 5. The normalized spacial score (nSPS) is 11.1. The second kappa shape index (κ2) is 18.2. The van der Waals surface area contributed by atoms with Crippen molar-refractivity contribution in [3.8, 4) is 67.0 Å². The lowest BCUT2D eigenvalue weighted by Gasteiger charge is -2.16. The molecule has 7 heterocycles. The molecular formula is C50H41FN10O. The molecule has 2 N–H and O–H groups in total. The third-order valence-corrected chi connectivity index (χ3v) is 10.4. The van der Waals surface area contributed by atoms with Crippen LogP contribution in [0.2, 0.25) is 0 Å². The van der Waals surface area contributed by atoms with Crippen LogP contribution in [0.25, 0.3) is 89.1 Å². The van der Waals surface area contributed by atoms with Crippen LogP contribution < -0.4 is 5.32 Å². The number of aliphatic hydroxyl groups excluding tert-OH is 1. The van der Waals surface area contributed by atoms with Crippen molar-refractivity contribution in [3.05, 3.63) is 177 Å². The first-order valence-corrected chi connectivity index (χ1v) is 20.2. The molecule has 62 heavy (non-hydrogen) atoms. The molecule has 0 aliphatic carbocycles. The summed E-state index contributed by atoms with van der Waals surface area (Å²) in [6.07, 6.45) is 14.8. The van der Waals surface area contributed by atoms with Crippen LogP contribution in [-0.2, 0) is 13.6 Å². The quantitative estimate of drug-likeness (QED) is 0.123. The number of halogens is 1. The van der Waals surface area contributed by atoms with Gasteiger partial charge in [0.25, 0.3) is 0 Å².